The zero-order valence-electron chi connectivity index (χ0n) is 6.50. The Morgan fingerprint density at radius 2 is 2.20 bits per heavy atom. The first-order chi connectivity index (χ1) is 4.61. The van der Waals surface area contributed by atoms with Crippen molar-refractivity contribution >= 4 is 0 Å². The van der Waals surface area contributed by atoms with Crippen molar-refractivity contribution in [1.29, 1.82) is 0 Å². The Morgan fingerprint density at radius 1 is 1.50 bits per heavy atom. The molecule has 1 N–H and O–H groups in total. The molecule has 0 amide bonds. The van der Waals surface area contributed by atoms with Gasteiger partial charge in [0.1, 0.15) is 6.10 Å². The van der Waals surface area contributed by atoms with Crippen molar-refractivity contribution in [3.05, 3.63) is 0 Å². The van der Waals surface area contributed by atoms with Gasteiger partial charge in [-0.3, -0.25) is 0 Å². The van der Waals surface area contributed by atoms with E-state index >= 15 is 0 Å². The van der Waals surface area contributed by atoms with Gasteiger partial charge < -0.3 is 9.84 Å². The molecule has 3 atom stereocenters. The fourth-order valence-corrected chi connectivity index (χ4v) is 1.77. The van der Waals surface area contributed by atoms with Gasteiger partial charge in [-0.2, -0.15) is 0 Å². The zero-order chi connectivity index (χ0) is 7.35. The van der Waals surface area contributed by atoms with Crippen LogP contribution in [0.4, 0.5) is 0 Å². The van der Waals surface area contributed by atoms with Crippen LogP contribution in [0.1, 0.15) is 26.7 Å². The molecule has 2 fully saturated rings. The zero-order valence-corrected chi connectivity index (χ0v) is 6.50. The fraction of sp³-hybridized carbons (Fsp3) is 1.00. The molecule has 2 rings (SSSR count). The van der Waals surface area contributed by atoms with E-state index in [0.29, 0.717) is 6.10 Å². The number of aliphatic hydroxyl groups is 1. The third-order valence-electron chi connectivity index (χ3n) is 2.81. The lowest BCUT2D eigenvalue weighted by Crippen LogP contribution is -2.38. The maximum atomic E-state index is 9.62. The molecule has 2 nitrogen and oxygen atoms in total. The summed E-state index contributed by atoms with van der Waals surface area (Å²) in [5.74, 6) is 0. The smallest absolute Gasteiger partial charge is 0.110 e. The SMILES string of the molecule is CC1(C)CCC2OC2C1O. The van der Waals surface area contributed by atoms with Crippen LogP contribution in [0.2, 0.25) is 0 Å². The molecule has 1 heterocycles. The van der Waals surface area contributed by atoms with Gasteiger partial charge in [-0.25, -0.2) is 0 Å². The quantitative estimate of drug-likeness (QED) is 0.510. The van der Waals surface area contributed by atoms with Crippen LogP contribution in [0.25, 0.3) is 0 Å². The van der Waals surface area contributed by atoms with Gasteiger partial charge in [-0.15, -0.1) is 0 Å². The molecule has 10 heavy (non-hydrogen) atoms. The van der Waals surface area contributed by atoms with Crippen molar-refractivity contribution in [3.63, 3.8) is 0 Å². The fourth-order valence-electron chi connectivity index (χ4n) is 1.77. The van der Waals surface area contributed by atoms with Crippen molar-refractivity contribution in [1.82, 2.24) is 0 Å². The second-order valence-electron chi connectivity index (χ2n) is 4.11. The molecule has 0 aromatic heterocycles. The summed E-state index contributed by atoms with van der Waals surface area (Å²) >= 11 is 0. The molecule has 2 heteroatoms. The molecule has 3 unspecified atom stereocenters. The number of ether oxygens (including phenoxy) is 1. The second-order valence-corrected chi connectivity index (χ2v) is 4.11. The molecular weight excluding hydrogens is 128 g/mol. The summed E-state index contributed by atoms with van der Waals surface area (Å²) in [7, 11) is 0. The molecule has 1 saturated heterocycles. The highest BCUT2D eigenvalue weighted by atomic mass is 16.6. The largest absolute Gasteiger partial charge is 0.390 e. The molecule has 1 aliphatic carbocycles. The van der Waals surface area contributed by atoms with Crippen LogP contribution in [0.5, 0.6) is 0 Å². The van der Waals surface area contributed by atoms with Crippen molar-refractivity contribution in [2.24, 2.45) is 5.41 Å². The normalized spacial score (nSPS) is 50.1. The van der Waals surface area contributed by atoms with E-state index in [1.54, 1.807) is 0 Å². The topological polar surface area (TPSA) is 32.8 Å². The maximum absolute atomic E-state index is 9.62. The van der Waals surface area contributed by atoms with Crippen molar-refractivity contribution in [2.75, 3.05) is 0 Å². The number of epoxide rings is 1. The van der Waals surface area contributed by atoms with E-state index < -0.39 is 0 Å². The van der Waals surface area contributed by atoms with E-state index in [0.717, 1.165) is 12.8 Å². The summed E-state index contributed by atoms with van der Waals surface area (Å²) < 4.78 is 5.28. The van der Waals surface area contributed by atoms with E-state index in [4.69, 9.17) is 4.74 Å². The first-order valence-corrected chi connectivity index (χ1v) is 3.95. The minimum absolute atomic E-state index is 0.0810. The lowest BCUT2D eigenvalue weighted by Gasteiger charge is -2.32. The van der Waals surface area contributed by atoms with Crippen molar-refractivity contribution in [2.45, 2.75) is 45.0 Å². The highest BCUT2D eigenvalue weighted by Crippen LogP contribution is 2.45. The van der Waals surface area contributed by atoms with Crippen LogP contribution in [0, 0.1) is 5.41 Å². The van der Waals surface area contributed by atoms with Crippen LogP contribution in [0.3, 0.4) is 0 Å². The number of fused-ring (bicyclic) bond motifs is 1. The van der Waals surface area contributed by atoms with Crippen LogP contribution in [-0.4, -0.2) is 23.4 Å². The summed E-state index contributed by atoms with van der Waals surface area (Å²) in [6, 6.07) is 0. The number of hydrogen-bond acceptors (Lipinski definition) is 2. The Kier molecular flexibility index (Phi) is 1.15. The minimum Gasteiger partial charge on any atom is -0.390 e. The average molecular weight is 142 g/mol. The second kappa shape index (κ2) is 1.74. The van der Waals surface area contributed by atoms with Crippen LogP contribution in [-0.2, 0) is 4.74 Å². The highest BCUT2D eigenvalue weighted by Gasteiger charge is 2.53. The minimum atomic E-state index is -0.230. The molecule has 0 bridgehead atoms. The number of aliphatic hydroxyl groups excluding tert-OH is 1. The van der Waals surface area contributed by atoms with Gasteiger partial charge in [0.2, 0.25) is 0 Å². The summed E-state index contributed by atoms with van der Waals surface area (Å²) in [4.78, 5) is 0. The predicted octanol–water partition coefficient (Wildman–Crippen LogP) is 0.935. The van der Waals surface area contributed by atoms with E-state index in [1.165, 1.54) is 0 Å². The van der Waals surface area contributed by atoms with Crippen molar-refractivity contribution < 1.29 is 9.84 Å². The Bertz CT molecular complexity index is 153. The molecule has 0 radical (unpaired) electrons. The molecule has 1 aliphatic heterocycles. The van der Waals surface area contributed by atoms with Crippen molar-refractivity contribution in [3.8, 4) is 0 Å². The average Bonchev–Trinajstić information content (AvgIpc) is 2.58. The maximum Gasteiger partial charge on any atom is 0.110 e. The summed E-state index contributed by atoms with van der Waals surface area (Å²) in [6.45, 7) is 4.21. The Morgan fingerprint density at radius 3 is 2.80 bits per heavy atom. The van der Waals surface area contributed by atoms with Crippen LogP contribution >= 0.6 is 0 Å². The van der Waals surface area contributed by atoms with Gasteiger partial charge in [-0.05, 0) is 18.3 Å². The number of hydrogen-bond donors (Lipinski definition) is 1. The molecule has 2 aliphatic rings. The third kappa shape index (κ3) is 0.789. The molecule has 0 spiro atoms. The monoisotopic (exact) mass is 142 g/mol. The Hall–Kier alpha value is -0.0800. The van der Waals surface area contributed by atoms with Gasteiger partial charge in [0.25, 0.3) is 0 Å². The molecular formula is C8H14O2. The van der Waals surface area contributed by atoms with Crippen LogP contribution < -0.4 is 0 Å². The van der Waals surface area contributed by atoms with E-state index in [-0.39, 0.29) is 17.6 Å². The first kappa shape index (κ1) is 6.62. The standard InChI is InChI=1S/C8H14O2/c1-8(2)4-3-5-6(10-5)7(8)9/h5-7,9H,3-4H2,1-2H3. The van der Waals surface area contributed by atoms with Crippen LogP contribution in [0.15, 0.2) is 0 Å². The summed E-state index contributed by atoms with van der Waals surface area (Å²) in [5.41, 5.74) is 0.0810. The van der Waals surface area contributed by atoms with Gasteiger partial charge in [0, 0.05) is 0 Å². The third-order valence-corrected chi connectivity index (χ3v) is 2.81. The number of rotatable bonds is 0. The lowest BCUT2D eigenvalue weighted by molar-refractivity contribution is 0.0167. The van der Waals surface area contributed by atoms with Gasteiger partial charge in [-0.1, -0.05) is 13.8 Å². The van der Waals surface area contributed by atoms with Gasteiger partial charge in [0.15, 0.2) is 0 Å². The molecule has 0 aromatic rings. The van der Waals surface area contributed by atoms with Gasteiger partial charge in [0.05, 0.1) is 12.2 Å². The van der Waals surface area contributed by atoms with E-state index in [1.807, 2.05) is 0 Å². The molecule has 58 valence electrons. The molecule has 0 aromatic carbocycles. The predicted molar refractivity (Wildman–Crippen MR) is 37.7 cm³/mol. The first-order valence-electron chi connectivity index (χ1n) is 3.95. The van der Waals surface area contributed by atoms with E-state index in [9.17, 15) is 5.11 Å². The summed E-state index contributed by atoms with van der Waals surface area (Å²) in [5, 5.41) is 9.62. The highest BCUT2D eigenvalue weighted by molar-refractivity contribution is 5.02. The van der Waals surface area contributed by atoms with E-state index in [2.05, 4.69) is 13.8 Å². The Labute approximate surface area is 61.2 Å². The Balaban J connectivity index is 2.11. The molecule has 1 saturated carbocycles. The van der Waals surface area contributed by atoms with Gasteiger partial charge >= 0.3 is 0 Å². The summed E-state index contributed by atoms with van der Waals surface area (Å²) in [6.07, 6.45) is 2.56. The lowest BCUT2D eigenvalue weighted by atomic mass is 9.75.